The highest BCUT2D eigenvalue weighted by atomic mass is 16.5. The summed E-state index contributed by atoms with van der Waals surface area (Å²) in [5.41, 5.74) is 1.04. The lowest BCUT2D eigenvalue weighted by molar-refractivity contribution is -0.127. The van der Waals surface area contributed by atoms with Gasteiger partial charge in [-0.15, -0.1) is 0 Å². The molecule has 2 amide bonds. The second-order valence-corrected chi connectivity index (χ2v) is 6.78. The number of likely N-dealkylation sites (tertiary alicyclic amines) is 1. The van der Waals surface area contributed by atoms with Crippen LogP contribution in [-0.4, -0.2) is 36.4 Å². The molecule has 0 spiro atoms. The molecule has 4 rings (SSSR count). The number of para-hydroxylation sites is 1. The Kier molecular flexibility index (Phi) is 4.65. The molecule has 6 nitrogen and oxygen atoms in total. The highest BCUT2D eigenvalue weighted by molar-refractivity contribution is 5.91. The van der Waals surface area contributed by atoms with Gasteiger partial charge in [0.1, 0.15) is 5.75 Å². The van der Waals surface area contributed by atoms with Crippen LogP contribution in [-0.2, 0) is 4.79 Å². The number of furan rings is 1. The minimum Gasteiger partial charge on any atom is -0.493 e. The predicted molar refractivity (Wildman–Crippen MR) is 94.8 cm³/mol. The van der Waals surface area contributed by atoms with Crippen LogP contribution in [0.3, 0.4) is 0 Å². The van der Waals surface area contributed by atoms with E-state index in [1.807, 2.05) is 24.3 Å². The first-order valence-corrected chi connectivity index (χ1v) is 9.07. The van der Waals surface area contributed by atoms with E-state index in [9.17, 15) is 9.59 Å². The third-order valence-corrected chi connectivity index (χ3v) is 5.16. The number of fused-ring (bicyclic) bond motifs is 1. The Morgan fingerprint density at radius 2 is 1.85 bits per heavy atom. The zero-order valence-corrected chi connectivity index (χ0v) is 14.5. The zero-order valence-electron chi connectivity index (χ0n) is 14.5. The summed E-state index contributed by atoms with van der Waals surface area (Å²) >= 11 is 0. The van der Waals surface area contributed by atoms with Gasteiger partial charge in [-0.05, 0) is 31.0 Å². The molecule has 0 saturated carbocycles. The molecule has 136 valence electrons. The van der Waals surface area contributed by atoms with Crippen molar-refractivity contribution in [2.75, 3.05) is 19.7 Å². The highest BCUT2D eigenvalue weighted by Crippen LogP contribution is 2.32. The fraction of sp³-hybridized carbons (Fsp3) is 0.400. The molecule has 1 aromatic heterocycles. The average molecular weight is 354 g/mol. The van der Waals surface area contributed by atoms with Crippen LogP contribution in [0.25, 0.3) is 0 Å². The lowest BCUT2D eigenvalue weighted by atomic mass is 9.94. The van der Waals surface area contributed by atoms with E-state index in [0.717, 1.165) is 17.7 Å². The number of rotatable bonds is 3. The van der Waals surface area contributed by atoms with Crippen molar-refractivity contribution in [1.29, 1.82) is 0 Å². The van der Waals surface area contributed by atoms with Crippen molar-refractivity contribution in [3.63, 3.8) is 0 Å². The molecule has 6 heteroatoms. The first kappa shape index (κ1) is 16.7. The van der Waals surface area contributed by atoms with E-state index < -0.39 is 0 Å². The Morgan fingerprint density at radius 3 is 2.62 bits per heavy atom. The van der Waals surface area contributed by atoms with Gasteiger partial charge in [0.15, 0.2) is 5.76 Å². The lowest BCUT2D eigenvalue weighted by Crippen LogP contribution is -2.44. The Morgan fingerprint density at radius 1 is 1.04 bits per heavy atom. The van der Waals surface area contributed by atoms with Gasteiger partial charge in [0, 0.05) is 31.0 Å². The summed E-state index contributed by atoms with van der Waals surface area (Å²) < 4.78 is 10.8. The Hall–Kier alpha value is -2.76. The molecule has 1 aromatic carbocycles. The average Bonchev–Trinajstić information content (AvgIpc) is 3.23. The van der Waals surface area contributed by atoms with Crippen LogP contribution < -0.4 is 10.1 Å². The Labute approximate surface area is 152 Å². The van der Waals surface area contributed by atoms with Crippen molar-refractivity contribution in [3.05, 3.63) is 54.0 Å². The topological polar surface area (TPSA) is 71.8 Å². The fourth-order valence-electron chi connectivity index (χ4n) is 3.68. The van der Waals surface area contributed by atoms with Crippen molar-refractivity contribution in [2.24, 2.45) is 5.92 Å². The summed E-state index contributed by atoms with van der Waals surface area (Å²) in [5, 5.41) is 3.18. The minimum absolute atomic E-state index is 0.00442. The van der Waals surface area contributed by atoms with Crippen molar-refractivity contribution in [2.45, 2.75) is 25.3 Å². The molecular formula is C20H22N2O4. The Balaban J connectivity index is 1.34. The van der Waals surface area contributed by atoms with Gasteiger partial charge in [-0.3, -0.25) is 9.59 Å². The van der Waals surface area contributed by atoms with Crippen molar-refractivity contribution < 1.29 is 18.7 Å². The van der Waals surface area contributed by atoms with Gasteiger partial charge in [-0.2, -0.15) is 0 Å². The summed E-state index contributed by atoms with van der Waals surface area (Å²) in [6, 6.07) is 11.2. The maximum atomic E-state index is 12.7. The highest BCUT2D eigenvalue weighted by Gasteiger charge is 2.31. The first-order valence-electron chi connectivity index (χ1n) is 9.07. The number of carbonyl (C=O) groups excluding carboxylic acids is 2. The number of nitrogens with zero attached hydrogens (tertiary/aromatic N) is 1. The van der Waals surface area contributed by atoms with Gasteiger partial charge in [-0.25, -0.2) is 0 Å². The van der Waals surface area contributed by atoms with Crippen molar-refractivity contribution in [3.8, 4) is 5.75 Å². The van der Waals surface area contributed by atoms with E-state index in [1.54, 1.807) is 17.0 Å². The lowest BCUT2D eigenvalue weighted by Gasteiger charge is -2.33. The van der Waals surface area contributed by atoms with E-state index >= 15 is 0 Å². The Bertz CT molecular complexity index is 779. The van der Waals surface area contributed by atoms with Crippen molar-refractivity contribution >= 4 is 11.8 Å². The number of hydrogen-bond acceptors (Lipinski definition) is 4. The van der Waals surface area contributed by atoms with Crippen LogP contribution in [0.2, 0.25) is 0 Å². The van der Waals surface area contributed by atoms with Crippen molar-refractivity contribution in [1.82, 2.24) is 10.2 Å². The van der Waals surface area contributed by atoms with E-state index in [-0.39, 0.29) is 23.8 Å². The monoisotopic (exact) mass is 354 g/mol. The van der Waals surface area contributed by atoms with Crippen LogP contribution in [0.4, 0.5) is 0 Å². The molecule has 26 heavy (non-hydrogen) atoms. The summed E-state index contributed by atoms with van der Waals surface area (Å²) in [7, 11) is 0. The third-order valence-electron chi connectivity index (χ3n) is 5.16. The number of nitrogens with one attached hydrogen (secondary N) is 1. The second kappa shape index (κ2) is 7.23. The second-order valence-electron chi connectivity index (χ2n) is 6.78. The SMILES string of the molecule is O=C(N[C@@H]1CCOc2ccccc21)C1CCN(C(=O)c2ccco2)CC1. The fourth-order valence-corrected chi connectivity index (χ4v) is 3.68. The molecule has 2 aliphatic rings. The molecule has 2 aromatic rings. The van der Waals surface area contributed by atoms with Crippen LogP contribution in [0.1, 0.15) is 41.4 Å². The molecule has 1 fully saturated rings. The van der Waals surface area contributed by atoms with Gasteiger partial charge in [-0.1, -0.05) is 18.2 Å². The van der Waals surface area contributed by atoms with E-state index in [4.69, 9.17) is 9.15 Å². The standard InChI is InChI=1S/C20H22N2O4/c23-19(21-16-9-13-26-17-5-2-1-4-15(16)17)14-7-10-22(11-8-14)20(24)18-6-3-12-25-18/h1-6,12,14,16H,7-11,13H2,(H,21,23)/t16-/m1/s1. The molecule has 0 unspecified atom stereocenters. The molecule has 0 bridgehead atoms. The predicted octanol–water partition coefficient (Wildman–Crippen LogP) is 2.77. The molecule has 3 heterocycles. The molecular weight excluding hydrogens is 332 g/mol. The molecule has 1 N–H and O–H groups in total. The number of hydrogen-bond donors (Lipinski definition) is 1. The molecule has 2 aliphatic heterocycles. The smallest absolute Gasteiger partial charge is 0.289 e. The maximum absolute atomic E-state index is 12.7. The number of carbonyl (C=O) groups is 2. The van der Waals surface area contributed by atoms with Gasteiger partial charge in [0.05, 0.1) is 18.9 Å². The van der Waals surface area contributed by atoms with Crippen LogP contribution >= 0.6 is 0 Å². The van der Waals surface area contributed by atoms with Crippen LogP contribution in [0.5, 0.6) is 5.75 Å². The first-order chi connectivity index (χ1) is 12.7. The molecule has 1 atom stereocenters. The molecule has 0 aliphatic carbocycles. The van der Waals surface area contributed by atoms with E-state index in [0.29, 0.717) is 38.3 Å². The maximum Gasteiger partial charge on any atom is 0.289 e. The minimum atomic E-state index is -0.104. The van der Waals surface area contributed by atoms with Gasteiger partial charge >= 0.3 is 0 Å². The van der Waals surface area contributed by atoms with Gasteiger partial charge < -0.3 is 19.4 Å². The van der Waals surface area contributed by atoms with Crippen LogP contribution in [0, 0.1) is 5.92 Å². The summed E-state index contributed by atoms with van der Waals surface area (Å²) in [4.78, 5) is 26.8. The summed E-state index contributed by atoms with van der Waals surface area (Å²) in [5.74, 6) is 1.10. The van der Waals surface area contributed by atoms with E-state index in [2.05, 4.69) is 5.32 Å². The molecule has 1 saturated heterocycles. The number of amides is 2. The zero-order chi connectivity index (χ0) is 17.9. The number of benzene rings is 1. The van der Waals surface area contributed by atoms with E-state index in [1.165, 1.54) is 6.26 Å². The van der Waals surface area contributed by atoms with Gasteiger partial charge in [0.2, 0.25) is 5.91 Å². The summed E-state index contributed by atoms with van der Waals surface area (Å²) in [6.45, 7) is 1.75. The normalized spacial score (nSPS) is 20.2. The van der Waals surface area contributed by atoms with Crippen LogP contribution in [0.15, 0.2) is 47.1 Å². The van der Waals surface area contributed by atoms with Gasteiger partial charge in [0.25, 0.3) is 5.91 Å². The summed E-state index contributed by atoms with van der Waals surface area (Å²) in [6.07, 6.45) is 3.62. The number of piperidine rings is 1. The third kappa shape index (κ3) is 3.31. The number of ether oxygens (including phenoxy) is 1. The largest absolute Gasteiger partial charge is 0.493 e. The quantitative estimate of drug-likeness (QED) is 0.920. The molecule has 0 radical (unpaired) electrons.